The average molecular weight is 418 g/mol. The largest absolute Gasteiger partial charge is 0.539 e. The molecule has 2 aliphatic heterocycles. The Morgan fingerprint density at radius 2 is 2.19 bits per heavy atom. The number of rotatable bonds is 4. The van der Waals surface area contributed by atoms with Crippen LogP contribution in [0.5, 0.6) is 0 Å². The fourth-order valence-corrected chi connectivity index (χ4v) is 6.51. The molecule has 1 saturated heterocycles. The second-order valence-corrected chi connectivity index (χ2v) is 9.62. The number of hydrogen-bond donors (Lipinski definition) is 0. The monoisotopic (exact) mass is 418 g/mol. The molecule has 2 atom stereocenters. The van der Waals surface area contributed by atoms with Crippen LogP contribution >= 0.6 is 34.9 Å². The Morgan fingerprint density at radius 1 is 1.44 bits per heavy atom. The molecule has 4 heterocycles. The van der Waals surface area contributed by atoms with E-state index in [1.165, 1.54) is 31.1 Å². The minimum Gasteiger partial charge on any atom is -0.539 e. The minimum absolute atomic E-state index is 0.0212. The molecule has 27 heavy (non-hydrogen) atoms. The molecule has 0 unspecified atom stereocenters. The maximum atomic E-state index is 12.4. The number of β-lactam (4-membered cyclic amide) rings is 1. The third kappa shape index (κ3) is 3.30. The standard InChI is InChI=1S/C17H17BN3O3S3/c1-9-14(22)21-13(16(23)24-18)12(8-25-15(9)21)27-17-19-11(7-26-17)10-3-5-20(2)6-4-10/h3-7,9,15H,8,18H2,1-2H3/q+1/t9-,15-/m1/s1. The lowest BCUT2D eigenvalue weighted by Gasteiger charge is -2.48. The highest BCUT2D eigenvalue weighted by atomic mass is 32.2. The van der Waals surface area contributed by atoms with Crippen molar-refractivity contribution in [1.82, 2.24) is 9.88 Å². The van der Waals surface area contributed by atoms with E-state index in [2.05, 4.69) is 0 Å². The van der Waals surface area contributed by atoms with E-state index in [0.717, 1.165) is 20.5 Å². The SMILES string of the molecule is BOC(=O)C1=C(Sc2nc(-c3cc[n+](C)cc3)cs2)CS[C@@H]2[C@H](C)C(=O)N12. The maximum absolute atomic E-state index is 12.4. The number of hydrogen-bond acceptors (Lipinski definition) is 7. The van der Waals surface area contributed by atoms with Gasteiger partial charge in [-0.15, -0.1) is 23.1 Å². The van der Waals surface area contributed by atoms with Crippen LogP contribution in [0, 0.1) is 5.92 Å². The Bertz CT molecular complexity index is 944. The molecular weight excluding hydrogens is 401 g/mol. The van der Waals surface area contributed by atoms with Crippen molar-refractivity contribution in [3.63, 3.8) is 0 Å². The molecule has 0 radical (unpaired) electrons. The van der Waals surface area contributed by atoms with Crippen LogP contribution in [0.25, 0.3) is 11.3 Å². The van der Waals surface area contributed by atoms with Gasteiger partial charge in [-0.2, -0.15) is 0 Å². The molecule has 0 N–H and O–H groups in total. The molecule has 2 aliphatic rings. The van der Waals surface area contributed by atoms with Crippen LogP contribution in [-0.4, -0.2) is 40.9 Å². The zero-order valence-corrected chi connectivity index (χ0v) is 17.5. The molecule has 0 spiro atoms. The molecule has 1 amide bonds. The van der Waals surface area contributed by atoms with Crippen LogP contribution in [-0.2, 0) is 21.3 Å². The first-order valence-electron chi connectivity index (χ1n) is 8.34. The Labute approximate surface area is 170 Å². The van der Waals surface area contributed by atoms with Crippen molar-refractivity contribution in [2.75, 3.05) is 5.75 Å². The van der Waals surface area contributed by atoms with Crippen molar-refractivity contribution in [3.8, 4) is 11.3 Å². The summed E-state index contributed by atoms with van der Waals surface area (Å²) in [5, 5.41) is 2.03. The maximum Gasteiger partial charge on any atom is 0.337 e. The minimum atomic E-state index is -0.463. The summed E-state index contributed by atoms with van der Waals surface area (Å²) in [4.78, 5) is 31.7. The lowest BCUT2D eigenvalue weighted by atomic mass is 9.99. The molecule has 0 aliphatic carbocycles. The van der Waals surface area contributed by atoms with E-state index < -0.39 is 5.97 Å². The third-order valence-electron chi connectivity index (χ3n) is 4.55. The van der Waals surface area contributed by atoms with Crippen LogP contribution in [0.2, 0.25) is 0 Å². The Hall–Kier alpha value is -1.78. The summed E-state index contributed by atoms with van der Waals surface area (Å²) in [5.74, 6) is 0.120. The smallest absolute Gasteiger partial charge is 0.337 e. The highest BCUT2D eigenvalue weighted by molar-refractivity contribution is 8.07. The number of carbonyl (C=O) groups excluding carboxylic acids is 2. The van der Waals surface area contributed by atoms with Crippen LogP contribution in [0.3, 0.4) is 0 Å². The average Bonchev–Trinajstić information content (AvgIpc) is 3.15. The first-order valence-corrected chi connectivity index (χ1v) is 11.1. The van der Waals surface area contributed by atoms with E-state index in [1.807, 2.05) is 48.4 Å². The molecule has 0 bridgehead atoms. The lowest BCUT2D eigenvalue weighted by molar-refractivity contribution is -0.671. The molecule has 4 rings (SSSR count). The number of amides is 1. The van der Waals surface area contributed by atoms with E-state index in [-0.39, 0.29) is 17.2 Å². The van der Waals surface area contributed by atoms with Crippen molar-refractivity contribution in [2.45, 2.75) is 16.6 Å². The van der Waals surface area contributed by atoms with Gasteiger partial charge in [-0.1, -0.05) is 18.7 Å². The summed E-state index contributed by atoms with van der Waals surface area (Å²) in [7, 11) is 3.32. The molecule has 2 aromatic rings. The molecule has 0 aromatic carbocycles. The normalized spacial score (nSPS) is 21.7. The zero-order valence-electron chi connectivity index (χ0n) is 15.0. The number of thioether (sulfide) groups is 2. The first kappa shape index (κ1) is 18.6. The van der Waals surface area contributed by atoms with Crippen LogP contribution in [0.15, 0.2) is 44.8 Å². The quantitative estimate of drug-likeness (QED) is 0.427. The van der Waals surface area contributed by atoms with Gasteiger partial charge < -0.3 is 4.65 Å². The second kappa shape index (κ2) is 7.33. The number of aryl methyl sites for hydroxylation is 1. The van der Waals surface area contributed by atoms with Gasteiger partial charge in [0.1, 0.15) is 12.7 Å². The topological polar surface area (TPSA) is 63.4 Å². The lowest BCUT2D eigenvalue weighted by Crippen LogP contribution is -2.60. The van der Waals surface area contributed by atoms with Gasteiger partial charge >= 0.3 is 14.0 Å². The van der Waals surface area contributed by atoms with Crippen molar-refractivity contribution in [1.29, 1.82) is 0 Å². The van der Waals surface area contributed by atoms with Gasteiger partial charge in [-0.05, 0) is 0 Å². The van der Waals surface area contributed by atoms with Gasteiger partial charge in [-0.25, -0.2) is 14.3 Å². The highest BCUT2D eigenvalue weighted by Gasteiger charge is 2.51. The number of aromatic nitrogens is 2. The predicted molar refractivity (Wildman–Crippen MR) is 109 cm³/mol. The Balaban J connectivity index is 1.62. The molecular formula is C17H17BN3O3S3+. The zero-order chi connectivity index (χ0) is 19.1. The number of thiazole rings is 1. The van der Waals surface area contributed by atoms with Crippen LogP contribution in [0.4, 0.5) is 0 Å². The van der Waals surface area contributed by atoms with Crippen molar-refractivity contribution in [3.05, 3.63) is 40.5 Å². The third-order valence-corrected chi connectivity index (χ3v) is 8.17. The summed E-state index contributed by atoms with van der Waals surface area (Å²) in [5.41, 5.74) is 2.32. The van der Waals surface area contributed by atoms with Gasteiger partial charge in [0.15, 0.2) is 16.7 Å². The van der Waals surface area contributed by atoms with Crippen LogP contribution in [0.1, 0.15) is 6.92 Å². The van der Waals surface area contributed by atoms with E-state index in [1.54, 1.807) is 16.7 Å². The first-order chi connectivity index (χ1) is 13.0. The second-order valence-electron chi connectivity index (χ2n) is 6.31. The molecule has 138 valence electrons. The fraction of sp³-hybridized carbons (Fsp3) is 0.294. The van der Waals surface area contributed by atoms with Gasteiger partial charge in [0.25, 0.3) is 0 Å². The van der Waals surface area contributed by atoms with E-state index in [9.17, 15) is 9.59 Å². The summed E-state index contributed by atoms with van der Waals surface area (Å²) < 4.78 is 7.76. The predicted octanol–water partition coefficient (Wildman–Crippen LogP) is 1.58. The van der Waals surface area contributed by atoms with E-state index in [4.69, 9.17) is 9.64 Å². The number of fused-ring (bicyclic) bond motifs is 1. The summed E-state index contributed by atoms with van der Waals surface area (Å²) in [6.07, 6.45) is 3.96. The molecule has 1 fully saturated rings. The van der Waals surface area contributed by atoms with Gasteiger partial charge in [0.05, 0.1) is 17.0 Å². The molecule has 6 nitrogen and oxygen atoms in total. The molecule has 10 heteroatoms. The van der Waals surface area contributed by atoms with E-state index in [0.29, 0.717) is 11.4 Å². The highest BCUT2D eigenvalue weighted by Crippen LogP contribution is 2.48. The molecule has 2 aromatic heterocycles. The fourth-order valence-electron chi connectivity index (χ4n) is 3.03. The van der Waals surface area contributed by atoms with Crippen molar-refractivity contribution < 1.29 is 18.8 Å². The van der Waals surface area contributed by atoms with Crippen molar-refractivity contribution in [2.24, 2.45) is 13.0 Å². The Kier molecular flexibility index (Phi) is 5.04. The summed E-state index contributed by atoms with van der Waals surface area (Å²) >= 11 is 4.66. The van der Waals surface area contributed by atoms with Gasteiger partial charge in [-0.3, -0.25) is 9.69 Å². The summed E-state index contributed by atoms with van der Waals surface area (Å²) in [6.45, 7) is 1.90. The number of nitrogens with zero attached hydrogens (tertiary/aromatic N) is 3. The van der Waals surface area contributed by atoms with E-state index >= 15 is 0 Å². The molecule has 0 saturated carbocycles. The number of pyridine rings is 1. The number of carbonyl (C=O) groups is 2. The van der Waals surface area contributed by atoms with Crippen LogP contribution < -0.4 is 4.57 Å². The van der Waals surface area contributed by atoms with Gasteiger partial charge in [0, 0.05) is 33.7 Å². The van der Waals surface area contributed by atoms with Gasteiger partial charge in [0.2, 0.25) is 5.91 Å². The Morgan fingerprint density at radius 3 is 2.89 bits per heavy atom. The summed E-state index contributed by atoms with van der Waals surface area (Å²) in [6, 6.07) is 4.04. The van der Waals surface area contributed by atoms with Crippen molar-refractivity contribution >= 4 is 54.8 Å².